The third-order valence-corrected chi connectivity index (χ3v) is 12.4. The van der Waals surface area contributed by atoms with Crippen molar-refractivity contribution in [3.63, 3.8) is 0 Å². The lowest BCUT2D eigenvalue weighted by Gasteiger charge is -2.44. The van der Waals surface area contributed by atoms with Crippen LogP contribution in [0.4, 0.5) is 0 Å². The summed E-state index contributed by atoms with van der Waals surface area (Å²) in [5.41, 5.74) is 0.506. The average Bonchev–Trinajstić information content (AvgIpc) is 3.14. The van der Waals surface area contributed by atoms with E-state index in [1.54, 1.807) is 11.0 Å². The molecule has 1 aliphatic rings. The molecule has 0 aliphatic carbocycles. The number of hydrogen-bond acceptors (Lipinski definition) is 5. The van der Waals surface area contributed by atoms with E-state index in [1.165, 1.54) is 11.8 Å². The van der Waals surface area contributed by atoms with Crippen LogP contribution in [0.3, 0.4) is 0 Å². The summed E-state index contributed by atoms with van der Waals surface area (Å²) in [6, 6.07) is 12.8. The molecule has 1 aromatic carbocycles. The number of benzene rings is 1. The first-order valence-electron chi connectivity index (χ1n) is 10.8. The first-order chi connectivity index (χ1) is 14.2. The van der Waals surface area contributed by atoms with Gasteiger partial charge in [-0.15, -0.1) is 0 Å². The van der Waals surface area contributed by atoms with Gasteiger partial charge in [-0.1, -0.05) is 87.2 Å². The summed E-state index contributed by atoms with van der Waals surface area (Å²) in [6.07, 6.45) is 2.66. The van der Waals surface area contributed by atoms with Crippen LogP contribution < -0.4 is 0 Å². The van der Waals surface area contributed by atoms with Crippen molar-refractivity contribution in [1.82, 2.24) is 4.90 Å². The second kappa shape index (κ2) is 11.0. The zero-order valence-electron chi connectivity index (χ0n) is 18.8. The zero-order valence-corrected chi connectivity index (χ0v) is 21.4. The van der Waals surface area contributed by atoms with Gasteiger partial charge in [0.2, 0.25) is 5.91 Å². The van der Waals surface area contributed by atoms with Gasteiger partial charge in [-0.2, -0.15) is 0 Å². The Balaban J connectivity index is 2.11. The lowest BCUT2D eigenvalue weighted by molar-refractivity contribution is -0.132. The molecule has 1 fully saturated rings. The Bertz CT molecular complexity index is 742. The molecule has 2 rings (SSSR count). The summed E-state index contributed by atoms with van der Waals surface area (Å²) in [7, 11) is -1.84. The molecule has 166 valence electrons. The quantitative estimate of drug-likeness (QED) is 0.366. The minimum absolute atomic E-state index is 0.00845. The minimum Gasteiger partial charge on any atom is -0.410 e. The SMILES string of the molecule is CC[Si](CC)(CC)OC(C)(C)[C@@H]1CSC(=S)N1C(=O)C[C@@H](O)/C=C/c1ccccc1. The van der Waals surface area contributed by atoms with E-state index in [-0.39, 0.29) is 18.4 Å². The van der Waals surface area contributed by atoms with E-state index < -0.39 is 20.0 Å². The second-order valence-corrected chi connectivity index (χ2v) is 14.7. The van der Waals surface area contributed by atoms with Crippen LogP contribution in [0.1, 0.15) is 46.6 Å². The molecule has 0 saturated carbocycles. The average molecular weight is 466 g/mol. The van der Waals surface area contributed by atoms with Crippen molar-refractivity contribution >= 4 is 48.6 Å². The number of thioether (sulfide) groups is 1. The van der Waals surface area contributed by atoms with Crippen LogP contribution in [-0.2, 0) is 9.22 Å². The number of carbonyl (C=O) groups excluding carboxylic acids is 1. The fourth-order valence-electron chi connectivity index (χ4n) is 3.93. The molecule has 1 N–H and O–H groups in total. The van der Waals surface area contributed by atoms with E-state index in [9.17, 15) is 9.90 Å². The fraction of sp³-hybridized carbons (Fsp3) is 0.565. The Morgan fingerprint density at radius 1 is 1.30 bits per heavy atom. The minimum atomic E-state index is -1.84. The number of carbonyl (C=O) groups is 1. The number of amides is 1. The number of aliphatic hydroxyl groups excluding tert-OH is 1. The van der Waals surface area contributed by atoms with Crippen molar-refractivity contribution in [2.24, 2.45) is 0 Å². The van der Waals surface area contributed by atoms with Crippen molar-refractivity contribution in [1.29, 1.82) is 0 Å². The van der Waals surface area contributed by atoms with Crippen molar-refractivity contribution in [2.45, 2.75) is 76.9 Å². The van der Waals surface area contributed by atoms with Crippen LogP contribution in [0, 0.1) is 0 Å². The largest absolute Gasteiger partial charge is 0.410 e. The van der Waals surface area contributed by atoms with Crippen molar-refractivity contribution in [3.8, 4) is 0 Å². The van der Waals surface area contributed by atoms with Gasteiger partial charge in [0.15, 0.2) is 8.32 Å². The summed E-state index contributed by atoms with van der Waals surface area (Å²) in [6.45, 7) is 10.8. The highest BCUT2D eigenvalue weighted by atomic mass is 32.2. The van der Waals surface area contributed by atoms with Crippen molar-refractivity contribution < 1.29 is 14.3 Å². The van der Waals surface area contributed by atoms with Gasteiger partial charge >= 0.3 is 0 Å². The number of nitrogens with zero attached hydrogens (tertiary/aromatic N) is 1. The van der Waals surface area contributed by atoms with E-state index in [1.807, 2.05) is 36.4 Å². The van der Waals surface area contributed by atoms with Gasteiger partial charge in [-0.25, -0.2) is 0 Å². The van der Waals surface area contributed by atoms with Gasteiger partial charge in [-0.3, -0.25) is 9.69 Å². The molecule has 0 unspecified atom stereocenters. The predicted octanol–water partition coefficient (Wildman–Crippen LogP) is 5.48. The smallest absolute Gasteiger partial charge is 0.231 e. The first kappa shape index (κ1) is 25.3. The lowest BCUT2D eigenvalue weighted by atomic mass is 9.99. The van der Waals surface area contributed by atoms with Gasteiger partial charge in [0.05, 0.1) is 24.2 Å². The van der Waals surface area contributed by atoms with Crippen LogP contribution in [0.25, 0.3) is 6.08 Å². The summed E-state index contributed by atoms with van der Waals surface area (Å²) in [5, 5.41) is 10.4. The summed E-state index contributed by atoms with van der Waals surface area (Å²) in [5.74, 6) is 0.587. The Morgan fingerprint density at radius 3 is 2.47 bits per heavy atom. The van der Waals surface area contributed by atoms with Crippen LogP contribution in [0.5, 0.6) is 0 Å². The molecular formula is C23H35NO3S2Si. The molecule has 1 heterocycles. The Kier molecular flexibility index (Phi) is 9.30. The van der Waals surface area contributed by atoms with E-state index in [2.05, 4.69) is 34.6 Å². The van der Waals surface area contributed by atoms with E-state index >= 15 is 0 Å². The molecule has 0 aromatic heterocycles. The molecule has 0 bridgehead atoms. The zero-order chi connectivity index (χ0) is 22.4. The summed E-state index contributed by atoms with van der Waals surface area (Å²) < 4.78 is 7.37. The molecule has 0 radical (unpaired) electrons. The van der Waals surface area contributed by atoms with Gasteiger partial charge in [0.1, 0.15) is 4.32 Å². The maximum Gasteiger partial charge on any atom is 0.231 e. The fourth-order valence-corrected chi connectivity index (χ4v) is 8.77. The molecule has 30 heavy (non-hydrogen) atoms. The van der Waals surface area contributed by atoms with Crippen LogP contribution >= 0.6 is 24.0 Å². The predicted molar refractivity (Wildman–Crippen MR) is 134 cm³/mol. The summed E-state index contributed by atoms with van der Waals surface area (Å²) in [4.78, 5) is 14.8. The molecule has 4 nitrogen and oxygen atoms in total. The van der Waals surface area contributed by atoms with E-state index in [0.717, 1.165) is 29.4 Å². The number of aliphatic hydroxyl groups is 1. The molecule has 0 spiro atoms. The number of thiocarbonyl (C=S) groups is 1. The highest BCUT2D eigenvalue weighted by Gasteiger charge is 2.47. The monoisotopic (exact) mass is 465 g/mol. The lowest BCUT2D eigenvalue weighted by Crippen LogP contribution is -2.57. The second-order valence-electron chi connectivity index (χ2n) is 8.35. The molecule has 1 amide bonds. The van der Waals surface area contributed by atoms with Crippen molar-refractivity contribution in [3.05, 3.63) is 42.0 Å². The highest BCUT2D eigenvalue weighted by molar-refractivity contribution is 8.23. The first-order valence-corrected chi connectivity index (χ1v) is 14.7. The maximum atomic E-state index is 13.1. The molecular weight excluding hydrogens is 430 g/mol. The summed E-state index contributed by atoms with van der Waals surface area (Å²) >= 11 is 7.03. The van der Waals surface area contributed by atoms with Gasteiger partial charge < -0.3 is 9.53 Å². The van der Waals surface area contributed by atoms with Crippen LogP contribution in [0.15, 0.2) is 36.4 Å². The van der Waals surface area contributed by atoms with Crippen LogP contribution in [-0.4, -0.2) is 52.1 Å². The Labute approximate surface area is 192 Å². The van der Waals surface area contributed by atoms with Gasteiger partial charge in [-0.05, 0) is 37.5 Å². The molecule has 1 aromatic rings. The number of rotatable bonds is 10. The van der Waals surface area contributed by atoms with Gasteiger partial charge in [0.25, 0.3) is 0 Å². The molecule has 1 saturated heterocycles. The number of hydrogen-bond donors (Lipinski definition) is 1. The molecule has 7 heteroatoms. The normalized spacial score (nSPS) is 18.9. The molecule has 2 atom stereocenters. The third kappa shape index (κ3) is 6.26. The third-order valence-electron chi connectivity index (χ3n) is 6.05. The van der Waals surface area contributed by atoms with Crippen LogP contribution in [0.2, 0.25) is 18.1 Å². The van der Waals surface area contributed by atoms with E-state index in [4.69, 9.17) is 16.6 Å². The highest BCUT2D eigenvalue weighted by Crippen LogP contribution is 2.37. The van der Waals surface area contributed by atoms with Gasteiger partial charge in [0, 0.05) is 5.75 Å². The van der Waals surface area contributed by atoms with E-state index in [0.29, 0.717) is 4.32 Å². The maximum absolute atomic E-state index is 13.1. The Morgan fingerprint density at radius 2 is 1.90 bits per heavy atom. The topological polar surface area (TPSA) is 49.8 Å². The standard InChI is InChI=1S/C23H35NO3S2Si/c1-6-30(7-2,8-3)27-23(4,5)20-17-29-22(28)24(20)21(26)16-19(25)15-14-18-12-10-9-11-13-18/h9-15,19-20,25H,6-8,16-17H2,1-5H3/b15-14+/t19-,20-/m0/s1. The molecule has 1 aliphatic heterocycles. The van der Waals surface area contributed by atoms with Crippen molar-refractivity contribution in [2.75, 3.05) is 5.75 Å². The Hall–Kier alpha value is -0.993.